The minimum atomic E-state index is -0.571. The Hall–Kier alpha value is -1.36. The van der Waals surface area contributed by atoms with Crippen LogP contribution in [0, 0.1) is 16.7 Å². The molecule has 2 fully saturated rings. The van der Waals surface area contributed by atoms with Crippen molar-refractivity contribution >= 4 is 5.91 Å². The largest absolute Gasteiger partial charge is 0.380 e. The molecule has 2 aliphatic carbocycles. The number of methoxy groups -OCH3 is 1. The van der Waals surface area contributed by atoms with Gasteiger partial charge in [-0.3, -0.25) is 4.79 Å². The number of hydrogen-bond acceptors (Lipinski definition) is 3. The van der Waals surface area contributed by atoms with Gasteiger partial charge in [-0.15, -0.1) is 0 Å². The lowest BCUT2D eigenvalue weighted by molar-refractivity contribution is -0.0229. The van der Waals surface area contributed by atoms with Gasteiger partial charge in [-0.25, -0.2) is 9.36 Å². The van der Waals surface area contributed by atoms with Gasteiger partial charge in [0.2, 0.25) is 5.91 Å². The molecule has 1 aromatic rings. The third-order valence-electron chi connectivity index (χ3n) is 5.64. The second-order valence-electron chi connectivity index (χ2n) is 6.33. The fourth-order valence-corrected chi connectivity index (χ4v) is 4.41. The van der Waals surface area contributed by atoms with Crippen LogP contribution in [-0.2, 0) is 4.74 Å². The predicted octanol–water partition coefficient (Wildman–Crippen LogP) is 1.66. The SMILES string of the molecule is CO[C@@H]1C[C@H]2CC[C@]1(C(=O)n1cc[nH]c1=O)C2(C)C. The van der Waals surface area contributed by atoms with Crippen molar-refractivity contribution in [1.29, 1.82) is 0 Å². The quantitative estimate of drug-likeness (QED) is 0.883. The number of imidazole rings is 1. The van der Waals surface area contributed by atoms with Gasteiger partial charge in [0, 0.05) is 19.5 Å². The Morgan fingerprint density at radius 3 is 2.79 bits per heavy atom. The fraction of sp³-hybridized carbons (Fsp3) is 0.714. The molecule has 5 nitrogen and oxygen atoms in total. The molecule has 1 aromatic heterocycles. The summed E-state index contributed by atoms with van der Waals surface area (Å²) in [6, 6.07) is 0. The zero-order valence-corrected chi connectivity index (χ0v) is 11.6. The first-order chi connectivity index (χ1) is 8.95. The summed E-state index contributed by atoms with van der Waals surface area (Å²) in [5.74, 6) is 0.381. The van der Waals surface area contributed by atoms with Gasteiger partial charge in [-0.2, -0.15) is 0 Å². The van der Waals surface area contributed by atoms with E-state index >= 15 is 0 Å². The molecule has 104 valence electrons. The van der Waals surface area contributed by atoms with Gasteiger partial charge in [0.05, 0.1) is 11.5 Å². The van der Waals surface area contributed by atoms with Crippen molar-refractivity contribution in [1.82, 2.24) is 9.55 Å². The number of ether oxygens (including phenoxy) is 1. The standard InChI is InChI=1S/C14H20N2O3/c1-13(2)9-4-5-14(13,10(8-9)19-3)11(17)16-7-6-15-12(16)18/h6-7,9-10H,4-5,8H2,1-3H3,(H,15,18)/t9-,10-,14+/m1/s1. The Morgan fingerprint density at radius 2 is 2.26 bits per heavy atom. The topological polar surface area (TPSA) is 64.1 Å². The van der Waals surface area contributed by atoms with E-state index in [1.807, 2.05) is 0 Å². The van der Waals surface area contributed by atoms with E-state index in [0.717, 1.165) is 19.3 Å². The second kappa shape index (κ2) is 3.82. The minimum absolute atomic E-state index is 0.0875. The minimum Gasteiger partial charge on any atom is -0.380 e. The van der Waals surface area contributed by atoms with E-state index in [0.29, 0.717) is 5.92 Å². The molecular weight excluding hydrogens is 244 g/mol. The van der Waals surface area contributed by atoms with Crippen LogP contribution in [-0.4, -0.2) is 28.7 Å². The maximum Gasteiger partial charge on any atom is 0.332 e. The highest BCUT2D eigenvalue weighted by Gasteiger charge is 2.68. The average molecular weight is 264 g/mol. The molecule has 19 heavy (non-hydrogen) atoms. The Morgan fingerprint density at radius 1 is 1.53 bits per heavy atom. The number of H-pyrrole nitrogens is 1. The van der Waals surface area contributed by atoms with Crippen LogP contribution in [0.2, 0.25) is 0 Å². The summed E-state index contributed by atoms with van der Waals surface area (Å²) < 4.78 is 6.81. The molecule has 0 saturated heterocycles. The molecule has 2 aliphatic rings. The second-order valence-corrected chi connectivity index (χ2v) is 6.33. The number of hydrogen-bond donors (Lipinski definition) is 1. The maximum absolute atomic E-state index is 13.0. The van der Waals surface area contributed by atoms with Crippen LogP contribution in [0.5, 0.6) is 0 Å². The average Bonchev–Trinajstić information content (AvgIpc) is 2.98. The summed E-state index contributed by atoms with van der Waals surface area (Å²) in [7, 11) is 1.66. The van der Waals surface area contributed by atoms with E-state index in [4.69, 9.17) is 4.74 Å². The van der Waals surface area contributed by atoms with Gasteiger partial charge in [0.1, 0.15) is 0 Å². The smallest absolute Gasteiger partial charge is 0.332 e. The summed E-state index contributed by atoms with van der Waals surface area (Å²) in [5, 5.41) is 0. The van der Waals surface area contributed by atoms with E-state index in [1.54, 1.807) is 7.11 Å². The van der Waals surface area contributed by atoms with Crippen molar-refractivity contribution < 1.29 is 9.53 Å². The number of nitrogens with one attached hydrogen (secondary N) is 1. The van der Waals surface area contributed by atoms with Crippen molar-refractivity contribution in [2.24, 2.45) is 16.7 Å². The van der Waals surface area contributed by atoms with Gasteiger partial charge in [0.25, 0.3) is 0 Å². The molecule has 0 unspecified atom stereocenters. The van der Waals surface area contributed by atoms with Crippen molar-refractivity contribution in [2.75, 3.05) is 7.11 Å². The molecule has 0 aromatic carbocycles. The van der Waals surface area contributed by atoms with E-state index in [9.17, 15) is 9.59 Å². The number of aromatic amines is 1. The Balaban J connectivity index is 2.12. The zero-order valence-electron chi connectivity index (χ0n) is 11.6. The summed E-state index contributed by atoms with van der Waals surface area (Å²) in [4.78, 5) is 27.2. The van der Waals surface area contributed by atoms with Gasteiger partial charge in [0.15, 0.2) is 0 Å². The van der Waals surface area contributed by atoms with Crippen LogP contribution in [0.1, 0.15) is 37.9 Å². The van der Waals surface area contributed by atoms with Crippen LogP contribution >= 0.6 is 0 Å². The predicted molar refractivity (Wildman–Crippen MR) is 70.0 cm³/mol. The molecule has 3 atom stereocenters. The van der Waals surface area contributed by atoms with Crippen LogP contribution < -0.4 is 5.69 Å². The first-order valence-electron chi connectivity index (χ1n) is 6.79. The fourth-order valence-electron chi connectivity index (χ4n) is 4.41. The van der Waals surface area contributed by atoms with Gasteiger partial charge >= 0.3 is 5.69 Å². The van der Waals surface area contributed by atoms with E-state index in [1.165, 1.54) is 17.0 Å². The number of fused-ring (bicyclic) bond motifs is 2. The van der Waals surface area contributed by atoms with Crippen LogP contribution in [0.4, 0.5) is 0 Å². The highest BCUT2D eigenvalue weighted by atomic mass is 16.5. The van der Waals surface area contributed by atoms with Crippen molar-refractivity contribution in [3.63, 3.8) is 0 Å². The summed E-state index contributed by atoms with van der Waals surface area (Å²) >= 11 is 0. The molecule has 0 radical (unpaired) electrons. The van der Waals surface area contributed by atoms with Gasteiger partial charge in [-0.05, 0) is 30.6 Å². The third-order valence-corrected chi connectivity index (χ3v) is 5.64. The van der Waals surface area contributed by atoms with Gasteiger partial charge < -0.3 is 9.72 Å². The number of nitrogens with zero attached hydrogens (tertiary/aromatic N) is 1. The van der Waals surface area contributed by atoms with Crippen molar-refractivity contribution in [2.45, 2.75) is 39.2 Å². The van der Waals surface area contributed by atoms with Crippen molar-refractivity contribution in [3.05, 3.63) is 22.9 Å². The number of carbonyl (C=O) groups excluding carboxylic acids is 1. The number of aromatic nitrogens is 2. The molecule has 0 spiro atoms. The summed E-state index contributed by atoms with van der Waals surface area (Å²) in [6.07, 6.45) is 5.70. The van der Waals surface area contributed by atoms with E-state index in [-0.39, 0.29) is 23.1 Å². The molecule has 1 heterocycles. The van der Waals surface area contributed by atoms with Crippen LogP contribution in [0.25, 0.3) is 0 Å². The first kappa shape index (κ1) is 12.7. The number of rotatable bonds is 2. The molecular formula is C14H20N2O3. The molecule has 1 N–H and O–H groups in total. The lowest BCUT2D eigenvalue weighted by Gasteiger charge is -2.39. The maximum atomic E-state index is 13.0. The van der Waals surface area contributed by atoms with Crippen molar-refractivity contribution in [3.8, 4) is 0 Å². The normalized spacial score (nSPS) is 35.7. The lowest BCUT2D eigenvalue weighted by atomic mass is 9.67. The van der Waals surface area contributed by atoms with Crippen LogP contribution in [0.3, 0.4) is 0 Å². The highest BCUT2D eigenvalue weighted by Crippen LogP contribution is 2.66. The summed E-state index contributed by atoms with van der Waals surface area (Å²) in [6.45, 7) is 4.28. The third kappa shape index (κ3) is 1.34. The molecule has 5 heteroatoms. The van der Waals surface area contributed by atoms with Crippen LogP contribution in [0.15, 0.2) is 17.2 Å². The molecule has 3 rings (SSSR count). The Labute approximate surface area is 112 Å². The highest BCUT2D eigenvalue weighted by molar-refractivity contribution is 5.87. The Kier molecular flexibility index (Phi) is 2.55. The molecule has 0 amide bonds. The molecule has 2 saturated carbocycles. The van der Waals surface area contributed by atoms with E-state index < -0.39 is 5.41 Å². The van der Waals surface area contributed by atoms with E-state index in [2.05, 4.69) is 18.8 Å². The summed E-state index contributed by atoms with van der Waals surface area (Å²) in [5.41, 5.74) is -1.06. The first-order valence-corrected chi connectivity index (χ1v) is 6.79. The monoisotopic (exact) mass is 264 g/mol. The molecule has 0 aliphatic heterocycles. The van der Waals surface area contributed by atoms with Gasteiger partial charge in [-0.1, -0.05) is 13.8 Å². The molecule has 2 bridgehead atoms. The lowest BCUT2D eigenvalue weighted by Crippen LogP contribution is -2.50. The number of carbonyl (C=O) groups is 1. The Bertz CT molecular complexity index is 571. The zero-order chi connectivity index (χ0) is 13.8.